The average molecular weight is 323 g/mol. The van der Waals surface area contributed by atoms with Crippen molar-refractivity contribution in [1.82, 2.24) is 5.16 Å². The first-order chi connectivity index (χ1) is 10.3. The molecule has 8 nitrogen and oxygen atoms in total. The van der Waals surface area contributed by atoms with Gasteiger partial charge in [-0.05, 0) is 26.0 Å². The summed E-state index contributed by atoms with van der Waals surface area (Å²) < 4.78 is 37.0. The Kier molecular flexibility index (Phi) is 3.10. The van der Waals surface area contributed by atoms with Gasteiger partial charge in [0.25, 0.3) is 15.9 Å². The first-order valence-electron chi connectivity index (χ1n) is 6.36. The predicted octanol–water partition coefficient (Wildman–Crippen LogP) is 1.58. The fraction of sp³-hybridized carbons (Fsp3) is 0.231. The number of sulfonamides is 1. The number of carbonyl (C=O) groups excluding carboxylic acids is 1. The van der Waals surface area contributed by atoms with Crippen molar-refractivity contribution in [3.8, 4) is 5.75 Å². The summed E-state index contributed by atoms with van der Waals surface area (Å²) in [5.74, 6) is 0.0660. The predicted molar refractivity (Wildman–Crippen MR) is 77.1 cm³/mol. The minimum atomic E-state index is -3.83. The van der Waals surface area contributed by atoms with Crippen molar-refractivity contribution in [1.29, 1.82) is 0 Å². The van der Waals surface area contributed by atoms with Crippen LogP contribution in [0.25, 0.3) is 0 Å². The molecule has 1 aliphatic rings. The number of amides is 1. The fourth-order valence-electron chi connectivity index (χ4n) is 1.91. The number of fused-ring (bicyclic) bond motifs is 1. The van der Waals surface area contributed by atoms with Crippen LogP contribution in [0, 0.1) is 0 Å². The number of anilines is 2. The monoisotopic (exact) mass is 323 g/mol. The zero-order chi connectivity index (χ0) is 16.0. The van der Waals surface area contributed by atoms with E-state index in [1.165, 1.54) is 30.5 Å². The molecule has 0 fully saturated rings. The van der Waals surface area contributed by atoms with Crippen molar-refractivity contribution in [2.45, 2.75) is 24.3 Å². The number of nitrogens with zero attached hydrogens (tertiary/aromatic N) is 1. The minimum absolute atomic E-state index is 0.0128. The third-order valence-corrected chi connectivity index (χ3v) is 4.45. The molecule has 2 N–H and O–H groups in total. The number of ether oxygens (including phenoxy) is 1. The van der Waals surface area contributed by atoms with E-state index >= 15 is 0 Å². The van der Waals surface area contributed by atoms with Gasteiger partial charge in [0.1, 0.15) is 12.0 Å². The summed E-state index contributed by atoms with van der Waals surface area (Å²) in [5.41, 5.74) is -0.653. The van der Waals surface area contributed by atoms with Crippen LogP contribution < -0.4 is 14.8 Å². The SMILES string of the molecule is CC1(C)Oc2cc(S(=O)(=O)Nc3ccon3)ccc2NC1=O. The molecule has 22 heavy (non-hydrogen) atoms. The highest BCUT2D eigenvalue weighted by atomic mass is 32.2. The van der Waals surface area contributed by atoms with E-state index in [0.717, 1.165) is 0 Å². The molecule has 1 aromatic heterocycles. The maximum atomic E-state index is 12.3. The van der Waals surface area contributed by atoms with E-state index in [1.807, 2.05) is 0 Å². The van der Waals surface area contributed by atoms with Crippen LogP contribution in [-0.2, 0) is 14.8 Å². The van der Waals surface area contributed by atoms with Gasteiger partial charge < -0.3 is 14.6 Å². The summed E-state index contributed by atoms with van der Waals surface area (Å²) in [5, 5.41) is 6.16. The third kappa shape index (κ3) is 2.50. The average Bonchev–Trinajstić information content (AvgIpc) is 2.91. The smallest absolute Gasteiger partial charge is 0.268 e. The molecule has 2 heterocycles. The normalized spacial score (nSPS) is 16.4. The van der Waals surface area contributed by atoms with E-state index in [0.29, 0.717) is 5.69 Å². The zero-order valence-electron chi connectivity index (χ0n) is 11.8. The zero-order valence-corrected chi connectivity index (χ0v) is 12.6. The minimum Gasteiger partial charge on any atom is -0.476 e. The maximum absolute atomic E-state index is 12.3. The second-order valence-corrected chi connectivity index (χ2v) is 6.90. The molecule has 0 unspecified atom stereocenters. The summed E-state index contributed by atoms with van der Waals surface area (Å²) in [6.07, 6.45) is 1.26. The topological polar surface area (TPSA) is 111 Å². The molecule has 1 aliphatic heterocycles. The van der Waals surface area contributed by atoms with Crippen molar-refractivity contribution in [3.05, 3.63) is 30.5 Å². The summed E-state index contributed by atoms with van der Waals surface area (Å²) in [6.45, 7) is 3.19. The molecule has 1 aromatic carbocycles. The lowest BCUT2D eigenvalue weighted by Crippen LogP contribution is -2.45. The lowest BCUT2D eigenvalue weighted by molar-refractivity contribution is -0.129. The number of benzene rings is 1. The fourth-order valence-corrected chi connectivity index (χ4v) is 2.92. The highest BCUT2D eigenvalue weighted by Gasteiger charge is 2.36. The van der Waals surface area contributed by atoms with Crippen molar-refractivity contribution >= 4 is 27.4 Å². The van der Waals surface area contributed by atoms with Crippen molar-refractivity contribution in [2.75, 3.05) is 10.0 Å². The Bertz CT molecular complexity index is 827. The molecule has 0 atom stereocenters. The molecule has 0 bridgehead atoms. The van der Waals surface area contributed by atoms with Crippen LogP contribution >= 0.6 is 0 Å². The Labute approximate surface area is 126 Å². The number of aromatic nitrogens is 1. The largest absolute Gasteiger partial charge is 0.476 e. The summed E-state index contributed by atoms with van der Waals surface area (Å²) in [4.78, 5) is 11.8. The van der Waals surface area contributed by atoms with Gasteiger partial charge in [-0.25, -0.2) is 8.42 Å². The molecule has 0 spiro atoms. The van der Waals surface area contributed by atoms with Crippen LogP contribution in [0.1, 0.15) is 13.8 Å². The van der Waals surface area contributed by atoms with Crippen LogP contribution in [0.2, 0.25) is 0 Å². The van der Waals surface area contributed by atoms with Gasteiger partial charge in [0.2, 0.25) is 0 Å². The standard InChI is InChI=1S/C13H13N3O5S/c1-13(2)12(17)14-9-4-3-8(7-10(9)21-13)22(18,19)16-11-5-6-20-15-11/h3-7H,1-2H3,(H,14,17)(H,15,16). The summed E-state index contributed by atoms with van der Waals surface area (Å²) >= 11 is 0. The van der Waals surface area contributed by atoms with Gasteiger partial charge >= 0.3 is 0 Å². The highest BCUT2D eigenvalue weighted by molar-refractivity contribution is 7.92. The molecule has 3 rings (SSSR count). The second kappa shape index (κ2) is 4.73. The van der Waals surface area contributed by atoms with Crippen LogP contribution in [0.4, 0.5) is 11.5 Å². The molecule has 2 aromatic rings. The molecular weight excluding hydrogens is 310 g/mol. The van der Waals surface area contributed by atoms with Crippen LogP contribution in [0.15, 0.2) is 39.9 Å². The Morgan fingerprint density at radius 1 is 1.27 bits per heavy atom. The third-order valence-electron chi connectivity index (χ3n) is 3.10. The van der Waals surface area contributed by atoms with Crippen LogP contribution in [0.5, 0.6) is 5.75 Å². The van der Waals surface area contributed by atoms with E-state index in [-0.39, 0.29) is 22.4 Å². The summed E-state index contributed by atoms with van der Waals surface area (Å²) in [6, 6.07) is 5.57. The number of hydrogen-bond acceptors (Lipinski definition) is 6. The van der Waals surface area contributed by atoms with E-state index in [9.17, 15) is 13.2 Å². The molecule has 9 heteroatoms. The number of nitrogens with one attached hydrogen (secondary N) is 2. The number of hydrogen-bond donors (Lipinski definition) is 2. The van der Waals surface area contributed by atoms with Gasteiger partial charge in [-0.15, -0.1) is 0 Å². The van der Waals surface area contributed by atoms with E-state index in [1.54, 1.807) is 13.8 Å². The molecule has 0 saturated heterocycles. The summed E-state index contributed by atoms with van der Waals surface area (Å²) in [7, 11) is -3.83. The Hall–Kier alpha value is -2.55. The quantitative estimate of drug-likeness (QED) is 0.887. The molecular formula is C13H13N3O5S. The lowest BCUT2D eigenvalue weighted by atomic mass is 10.1. The molecule has 0 aliphatic carbocycles. The van der Waals surface area contributed by atoms with E-state index in [4.69, 9.17) is 4.74 Å². The van der Waals surface area contributed by atoms with Crippen molar-refractivity contribution < 1.29 is 22.5 Å². The maximum Gasteiger partial charge on any atom is 0.268 e. The van der Waals surface area contributed by atoms with E-state index < -0.39 is 15.6 Å². The van der Waals surface area contributed by atoms with Crippen LogP contribution in [-0.4, -0.2) is 25.1 Å². The van der Waals surface area contributed by atoms with Gasteiger partial charge in [-0.3, -0.25) is 9.52 Å². The second-order valence-electron chi connectivity index (χ2n) is 5.21. The van der Waals surface area contributed by atoms with E-state index in [2.05, 4.69) is 19.7 Å². The van der Waals surface area contributed by atoms with Crippen molar-refractivity contribution in [2.24, 2.45) is 0 Å². The number of carbonyl (C=O) groups is 1. The van der Waals surface area contributed by atoms with Gasteiger partial charge in [0.05, 0.1) is 10.6 Å². The highest BCUT2D eigenvalue weighted by Crippen LogP contribution is 2.35. The van der Waals surface area contributed by atoms with Gasteiger partial charge in [-0.1, -0.05) is 5.16 Å². The molecule has 0 saturated carbocycles. The lowest BCUT2D eigenvalue weighted by Gasteiger charge is -2.31. The van der Waals surface area contributed by atoms with Crippen molar-refractivity contribution in [3.63, 3.8) is 0 Å². The number of rotatable bonds is 3. The van der Waals surface area contributed by atoms with Gasteiger partial charge in [0, 0.05) is 12.1 Å². The Morgan fingerprint density at radius 2 is 2.05 bits per heavy atom. The van der Waals surface area contributed by atoms with Gasteiger partial charge in [-0.2, -0.15) is 0 Å². The Morgan fingerprint density at radius 3 is 2.73 bits per heavy atom. The molecule has 116 valence electrons. The first-order valence-corrected chi connectivity index (χ1v) is 7.84. The van der Waals surface area contributed by atoms with Gasteiger partial charge in [0.15, 0.2) is 11.4 Å². The Balaban J connectivity index is 1.95. The molecule has 1 amide bonds. The van der Waals surface area contributed by atoms with Crippen LogP contribution in [0.3, 0.4) is 0 Å². The molecule has 0 radical (unpaired) electrons. The first kappa shape index (κ1) is 14.4.